The summed E-state index contributed by atoms with van der Waals surface area (Å²) in [6, 6.07) is 10.5. The first kappa shape index (κ1) is 18.4. The van der Waals surface area contributed by atoms with Crippen molar-refractivity contribution in [2.75, 3.05) is 12.4 Å². The van der Waals surface area contributed by atoms with Crippen LogP contribution < -0.4 is 14.8 Å². The molecule has 1 atom stereocenters. The molecule has 0 saturated heterocycles. The van der Waals surface area contributed by atoms with E-state index >= 15 is 0 Å². The van der Waals surface area contributed by atoms with Crippen LogP contribution in [0.1, 0.15) is 30.8 Å². The van der Waals surface area contributed by atoms with Crippen molar-refractivity contribution in [1.82, 2.24) is 9.97 Å². The molecule has 0 saturated carbocycles. The van der Waals surface area contributed by atoms with Crippen LogP contribution in [-0.2, 0) is 0 Å². The van der Waals surface area contributed by atoms with Crippen LogP contribution in [0.4, 0.5) is 5.69 Å². The van der Waals surface area contributed by atoms with E-state index in [9.17, 15) is 9.90 Å². The smallest absolute Gasteiger partial charge is 0.278 e. The molecule has 7 heteroatoms. The minimum absolute atomic E-state index is 0.0940. The third kappa shape index (κ3) is 4.08. The number of pyridine rings is 2. The number of ether oxygens (including phenoxy) is 2. The zero-order chi connectivity index (χ0) is 19.4. The number of nitrogens with zero attached hydrogens (tertiary/aromatic N) is 2. The Balaban J connectivity index is 1.81. The maximum Gasteiger partial charge on any atom is 0.278 e. The molecule has 0 fully saturated rings. The summed E-state index contributed by atoms with van der Waals surface area (Å²) in [7, 11) is 1.41. The number of methoxy groups -OCH3 is 1. The van der Waals surface area contributed by atoms with Gasteiger partial charge in [-0.3, -0.25) is 4.79 Å². The number of rotatable bonds is 6. The van der Waals surface area contributed by atoms with Crippen molar-refractivity contribution < 1.29 is 19.4 Å². The molecule has 0 spiro atoms. The summed E-state index contributed by atoms with van der Waals surface area (Å²) >= 11 is 0. The van der Waals surface area contributed by atoms with Crippen LogP contribution in [0.5, 0.6) is 17.4 Å². The third-order valence-corrected chi connectivity index (χ3v) is 4.14. The van der Waals surface area contributed by atoms with E-state index in [1.54, 1.807) is 24.3 Å². The zero-order valence-electron chi connectivity index (χ0n) is 15.4. The highest BCUT2D eigenvalue weighted by atomic mass is 16.5. The van der Waals surface area contributed by atoms with Crippen molar-refractivity contribution in [3.8, 4) is 17.4 Å². The summed E-state index contributed by atoms with van der Waals surface area (Å²) in [5.74, 6) is -0.0759. The maximum atomic E-state index is 12.4. The van der Waals surface area contributed by atoms with Gasteiger partial charge in [-0.15, -0.1) is 0 Å². The summed E-state index contributed by atoms with van der Waals surface area (Å²) in [6.45, 7) is 4.04. The van der Waals surface area contributed by atoms with Crippen LogP contribution in [0.25, 0.3) is 10.9 Å². The number of fused-ring (bicyclic) bond motifs is 1. The summed E-state index contributed by atoms with van der Waals surface area (Å²) in [4.78, 5) is 20.8. The van der Waals surface area contributed by atoms with Crippen molar-refractivity contribution in [2.24, 2.45) is 0 Å². The fourth-order valence-corrected chi connectivity index (χ4v) is 2.50. The third-order valence-electron chi connectivity index (χ3n) is 4.14. The first-order valence-corrected chi connectivity index (χ1v) is 8.62. The van der Waals surface area contributed by atoms with Gasteiger partial charge in [0.25, 0.3) is 5.91 Å². The fourth-order valence-electron chi connectivity index (χ4n) is 2.50. The average Bonchev–Trinajstić information content (AvgIpc) is 2.68. The van der Waals surface area contributed by atoms with Crippen molar-refractivity contribution in [1.29, 1.82) is 0 Å². The van der Waals surface area contributed by atoms with Gasteiger partial charge < -0.3 is 19.9 Å². The molecular weight excluding hydrogens is 346 g/mol. The monoisotopic (exact) mass is 367 g/mol. The lowest BCUT2D eigenvalue weighted by Crippen LogP contribution is -2.14. The second-order valence-electron chi connectivity index (χ2n) is 6.06. The molecule has 2 N–H and O–H groups in total. The molecule has 0 aliphatic heterocycles. The Labute approximate surface area is 157 Å². The van der Waals surface area contributed by atoms with Crippen LogP contribution in [-0.4, -0.2) is 34.2 Å². The second kappa shape index (κ2) is 7.90. The molecule has 3 rings (SSSR count). The lowest BCUT2D eigenvalue weighted by molar-refractivity contribution is 0.101. The number of hydrogen-bond acceptors (Lipinski definition) is 6. The van der Waals surface area contributed by atoms with Crippen molar-refractivity contribution >= 4 is 22.5 Å². The molecule has 140 valence electrons. The molecular formula is C20H21N3O4. The highest BCUT2D eigenvalue weighted by Gasteiger charge is 2.17. The molecule has 1 amide bonds. The van der Waals surface area contributed by atoms with Crippen LogP contribution in [0.3, 0.4) is 0 Å². The average molecular weight is 367 g/mol. The molecule has 3 aromatic rings. The molecule has 1 aromatic carbocycles. The number of carbonyl (C=O) groups excluding carboxylic acids is 1. The predicted molar refractivity (Wildman–Crippen MR) is 103 cm³/mol. The highest BCUT2D eigenvalue weighted by molar-refractivity contribution is 6.05. The summed E-state index contributed by atoms with van der Waals surface area (Å²) in [5, 5.41) is 13.6. The van der Waals surface area contributed by atoms with Gasteiger partial charge in [0.1, 0.15) is 0 Å². The Bertz CT molecular complexity index is 975. The van der Waals surface area contributed by atoms with Crippen molar-refractivity contribution in [3.05, 3.63) is 48.3 Å². The Morgan fingerprint density at radius 1 is 1.26 bits per heavy atom. The largest absolute Gasteiger partial charge is 0.503 e. The number of aromatic hydroxyl groups is 1. The molecule has 0 bridgehead atoms. The Kier molecular flexibility index (Phi) is 5.40. The quantitative estimate of drug-likeness (QED) is 0.689. The number of benzene rings is 1. The minimum Gasteiger partial charge on any atom is -0.503 e. The van der Waals surface area contributed by atoms with Gasteiger partial charge in [0.15, 0.2) is 17.2 Å². The van der Waals surface area contributed by atoms with Crippen LogP contribution in [0.15, 0.2) is 42.6 Å². The molecule has 27 heavy (non-hydrogen) atoms. The van der Waals surface area contributed by atoms with Crippen molar-refractivity contribution in [2.45, 2.75) is 26.4 Å². The summed E-state index contributed by atoms with van der Waals surface area (Å²) in [5.41, 5.74) is 1.22. The van der Waals surface area contributed by atoms with E-state index in [1.807, 2.05) is 13.0 Å². The first-order chi connectivity index (χ1) is 13.0. The normalized spacial score (nSPS) is 11.8. The van der Waals surface area contributed by atoms with E-state index in [0.29, 0.717) is 11.6 Å². The Morgan fingerprint density at radius 2 is 2.07 bits per heavy atom. The molecule has 0 aliphatic carbocycles. The summed E-state index contributed by atoms with van der Waals surface area (Å²) < 4.78 is 10.7. The Morgan fingerprint density at radius 3 is 2.81 bits per heavy atom. The van der Waals surface area contributed by atoms with E-state index in [4.69, 9.17) is 9.47 Å². The molecule has 2 aromatic heterocycles. The van der Waals surface area contributed by atoms with Crippen LogP contribution >= 0.6 is 0 Å². The molecule has 0 aliphatic rings. The van der Waals surface area contributed by atoms with Gasteiger partial charge in [0, 0.05) is 29.4 Å². The van der Waals surface area contributed by atoms with Crippen molar-refractivity contribution in [3.63, 3.8) is 0 Å². The number of carbonyl (C=O) groups is 1. The highest BCUT2D eigenvalue weighted by Crippen LogP contribution is 2.28. The molecule has 0 radical (unpaired) electrons. The fraction of sp³-hybridized carbons (Fsp3) is 0.250. The SMILES string of the molecule is CCC(C)Oc1ccc2cc(NC(=O)c3nccc(OC)c3O)ccc2n1. The summed E-state index contributed by atoms with van der Waals surface area (Å²) in [6.07, 6.45) is 2.39. The number of hydrogen-bond donors (Lipinski definition) is 2. The van der Waals surface area contributed by atoms with Gasteiger partial charge in [-0.25, -0.2) is 9.97 Å². The van der Waals surface area contributed by atoms with E-state index in [2.05, 4.69) is 22.2 Å². The van der Waals surface area contributed by atoms with Crippen LogP contribution in [0, 0.1) is 0 Å². The molecule has 1 unspecified atom stereocenters. The minimum atomic E-state index is -0.532. The van der Waals surface area contributed by atoms with Gasteiger partial charge in [-0.2, -0.15) is 0 Å². The first-order valence-electron chi connectivity index (χ1n) is 8.62. The topological polar surface area (TPSA) is 93.6 Å². The van der Waals surface area contributed by atoms with E-state index in [0.717, 1.165) is 17.3 Å². The predicted octanol–water partition coefficient (Wildman–Crippen LogP) is 3.77. The number of aromatic nitrogens is 2. The van der Waals surface area contributed by atoms with E-state index in [-0.39, 0.29) is 23.3 Å². The van der Waals surface area contributed by atoms with Gasteiger partial charge in [-0.05, 0) is 37.6 Å². The van der Waals surface area contributed by atoms with Gasteiger partial charge in [0.05, 0.1) is 18.7 Å². The maximum absolute atomic E-state index is 12.4. The lowest BCUT2D eigenvalue weighted by atomic mass is 10.2. The van der Waals surface area contributed by atoms with E-state index < -0.39 is 5.91 Å². The van der Waals surface area contributed by atoms with E-state index in [1.165, 1.54) is 19.4 Å². The van der Waals surface area contributed by atoms with Gasteiger partial charge in [-0.1, -0.05) is 6.92 Å². The molecule has 2 heterocycles. The van der Waals surface area contributed by atoms with Crippen LogP contribution in [0.2, 0.25) is 0 Å². The standard InChI is InChI=1S/C20H21N3O4/c1-4-12(2)27-17-8-5-13-11-14(6-7-15(13)23-17)22-20(25)18-19(24)16(26-3)9-10-21-18/h5-12,24H,4H2,1-3H3,(H,22,25). The zero-order valence-corrected chi connectivity index (χ0v) is 15.4. The van der Waals surface area contributed by atoms with Gasteiger partial charge in [0.2, 0.25) is 5.88 Å². The molecule has 7 nitrogen and oxygen atoms in total. The van der Waals surface area contributed by atoms with Gasteiger partial charge >= 0.3 is 0 Å². The Hall–Kier alpha value is -3.35. The second-order valence-corrected chi connectivity index (χ2v) is 6.06. The number of amides is 1. The number of anilines is 1. The number of nitrogens with one attached hydrogen (secondary N) is 1. The lowest BCUT2D eigenvalue weighted by Gasteiger charge is -2.12.